The van der Waals surface area contributed by atoms with E-state index >= 15 is 0 Å². The number of rotatable bonds is 2. The molecule has 1 aromatic rings. The molecule has 0 spiro atoms. The van der Waals surface area contributed by atoms with Gasteiger partial charge < -0.3 is 15.5 Å². The first-order valence-corrected chi connectivity index (χ1v) is 4.80. The highest BCUT2D eigenvalue weighted by Gasteiger charge is 2.46. The second-order valence-electron chi connectivity index (χ2n) is 3.93. The number of hydrogen-bond donors (Lipinski definition) is 3. The number of amides is 1. The van der Waals surface area contributed by atoms with Crippen molar-refractivity contribution in [1.82, 2.24) is 0 Å². The number of aliphatic carboxylic acids is 1. The largest absolute Gasteiger partial charge is 0.481 e. The summed E-state index contributed by atoms with van der Waals surface area (Å²) in [6, 6.07) is 5.06. The molecule has 0 saturated carbocycles. The van der Waals surface area contributed by atoms with Crippen LogP contribution in [0.15, 0.2) is 18.2 Å². The quantitative estimate of drug-likeness (QED) is 0.682. The van der Waals surface area contributed by atoms with Gasteiger partial charge in [0.2, 0.25) is 0 Å². The molecule has 5 heteroatoms. The van der Waals surface area contributed by atoms with Crippen molar-refractivity contribution >= 4 is 17.6 Å². The van der Waals surface area contributed by atoms with E-state index in [0.717, 1.165) is 5.56 Å². The maximum absolute atomic E-state index is 11.6. The summed E-state index contributed by atoms with van der Waals surface area (Å²) in [6.07, 6.45) is -0.630. The molecule has 1 aliphatic rings. The smallest absolute Gasteiger partial charge is 0.307 e. The Bertz CT molecular complexity index is 483. The van der Waals surface area contributed by atoms with Gasteiger partial charge in [-0.15, -0.1) is 0 Å². The van der Waals surface area contributed by atoms with Gasteiger partial charge in [0.05, 0.1) is 6.42 Å². The van der Waals surface area contributed by atoms with Crippen molar-refractivity contribution < 1.29 is 19.8 Å². The van der Waals surface area contributed by atoms with Crippen LogP contribution in [0.2, 0.25) is 0 Å². The fourth-order valence-electron chi connectivity index (χ4n) is 1.85. The van der Waals surface area contributed by atoms with Crippen LogP contribution in [0.3, 0.4) is 0 Å². The van der Waals surface area contributed by atoms with E-state index in [0.29, 0.717) is 11.3 Å². The van der Waals surface area contributed by atoms with Crippen molar-refractivity contribution in [3.63, 3.8) is 0 Å². The summed E-state index contributed by atoms with van der Waals surface area (Å²) < 4.78 is 0. The van der Waals surface area contributed by atoms with Crippen molar-refractivity contribution in [2.45, 2.75) is 18.9 Å². The maximum Gasteiger partial charge on any atom is 0.307 e. The Balaban J connectivity index is 2.53. The summed E-state index contributed by atoms with van der Waals surface area (Å²) in [4.78, 5) is 22.2. The topological polar surface area (TPSA) is 86.6 Å². The zero-order valence-electron chi connectivity index (χ0n) is 8.65. The van der Waals surface area contributed by atoms with Crippen LogP contribution in [-0.2, 0) is 15.2 Å². The number of carboxylic acid groups (broad SMARTS) is 1. The summed E-state index contributed by atoms with van der Waals surface area (Å²) in [5.74, 6) is -1.90. The van der Waals surface area contributed by atoms with E-state index in [-0.39, 0.29) is 0 Å². The number of carbonyl (C=O) groups excluding carboxylic acids is 1. The number of nitrogens with one attached hydrogen (secondary N) is 1. The minimum atomic E-state index is -1.95. The second kappa shape index (κ2) is 3.31. The minimum Gasteiger partial charge on any atom is -0.481 e. The molecule has 1 atom stereocenters. The number of aryl methyl sites for hydroxylation is 1. The van der Waals surface area contributed by atoms with Crippen molar-refractivity contribution in [2.75, 3.05) is 5.32 Å². The van der Waals surface area contributed by atoms with Gasteiger partial charge in [-0.25, -0.2) is 0 Å². The Kier molecular flexibility index (Phi) is 2.20. The van der Waals surface area contributed by atoms with Gasteiger partial charge >= 0.3 is 5.97 Å². The van der Waals surface area contributed by atoms with E-state index in [1.165, 1.54) is 0 Å². The average molecular weight is 221 g/mol. The molecule has 1 amide bonds. The first kappa shape index (κ1) is 10.6. The van der Waals surface area contributed by atoms with Gasteiger partial charge in [0.1, 0.15) is 0 Å². The molecule has 16 heavy (non-hydrogen) atoms. The zero-order valence-corrected chi connectivity index (χ0v) is 8.65. The van der Waals surface area contributed by atoms with Crippen LogP contribution in [-0.4, -0.2) is 22.1 Å². The lowest BCUT2D eigenvalue weighted by atomic mass is 9.91. The molecule has 1 unspecified atom stereocenters. The normalized spacial score (nSPS) is 22.8. The van der Waals surface area contributed by atoms with Crippen molar-refractivity contribution in [3.8, 4) is 0 Å². The van der Waals surface area contributed by atoms with Crippen LogP contribution in [0, 0.1) is 6.92 Å². The molecule has 0 saturated heterocycles. The first-order chi connectivity index (χ1) is 7.43. The van der Waals surface area contributed by atoms with Gasteiger partial charge in [-0.1, -0.05) is 17.7 Å². The predicted molar refractivity (Wildman–Crippen MR) is 56.0 cm³/mol. The van der Waals surface area contributed by atoms with E-state index in [1.54, 1.807) is 18.2 Å². The van der Waals surface area contributed by atoms with Crippen molar-refractivity contribution in [3.05, 3.63) is 29.3 Å². The highest BCUT2D eigenvalue weighted by molar-refractivity contribution is 6.06. The van der Waals surface area contributed by atoms with Gasteiger partial charge in [0.15, 0.2) is 5.60 Å². The highest BCUT2D eigenvalue weighted by atomic mass is 16.4. The monoisotopic (exact) mass is 221 g/mol. The molecule has 5 nitrogen and oxygen atoms in total. The van der Waals surface area contributed by atoms with Crippen molar-refractivity contribution in [1.29, 1.82) is 0 Å². The standard InChI is InChI=1S/C11H11NO4/c1-6-2-3-8-7(4-6)11(16,5-9(13)14)10(15)12-8/h2-4,16H,5H2,1H3,(H,12,15)(H,13,14). The molecule has 2 rings (SSSR count). The fraction of sp³-hybridized carbons (Fsp3) is 0.273. The van der Waals surface area contributed by atoms with Gasteiger partial charge in [-0.2, -0.15) is 0 Å². The third-order valence-corrected chi connectivity index (χ3v) is 2.65. The Labute approximate surface area is 91.7 Å². The van der Waals surface area contributed by atoms with E-state index in [4.69, 9.17) is 5.11 Å². The van der Waals surface area contributed by atoms with Gasteiger partial charge in [0.25, 0.3) is 5.91 Å². The van der Waals surface area contributed by atoms with E-state index in [1.807, 2.05) is 6.92 Å². The summed E-state index contributed by atoms with van der Waals surface area (Å²) in [5.41, 5.74) is -0.286. The Hall–Kier alpha value is -1.88. The van der Waals surface area contributed by atoms with Gasteiger partial charge in [-0.05, 0) is 13.0 Å². The lowest BCUT2D eigenvalue weighted by molar-refractivity contribution is -0.149. The molecule has 0 bridgehead atoms. The van der Waals surface area contributed by atoms with Crippen molar-refractivity contribution in [2.24, 2.45) is 0 Å². The minimum absolute atomic E-state index is 0.333. The number of carboxylic acids is 1. The van der Waals surface area contributed by atoms with Crippen LogP contribution < -0.4 is 5.32 Å². The fourth-order valence-corrected chi connectivity index (χ4v) is 1.85. The molecule has 0 fully saturated rings. The predicted octanol–water partition coefficient (Wildman–Crippen LogP) is 0.609. The molecule has 3 N–H and O–H groups in total. The molecule has 0 aliphatic carbocycles. The molecular weight excluding hydrogens is 210 g/mol. The number of aliphatic hydroxyl groups is 1. The number of fused-ring (bicyclic) bond motifs is 1. The van der Waals surface area contributed by atoms with Crippen LogP contribution in [0.25, 0.3) is 0 Å². The summed E-state index contributed by atoms with van der Waals surface area (Å²) in [7, 11) is 0. The number of benzene rings is 1. The Morgan fingerprint density at radius 2 is 2.19 bits per heavy atom. The first-order valence-electron chi connectivity index (χ1n) is 4.80. The maximum atomic E-state index is 11.6. The van der Waals surface area contributed by atoms with Crippen LogP contribution >= 0.6 is 0 Å². The second-order valence-corrected chi connectivity index (χ2v) is 3.93. The molecule has 1 heterocycles. The van der Waals surface area contributed by atoms with E-state index < -0.39 is 23.9 Å². The summed E-state index contributed by atoms with van der Waals surface area (Å²) >= 11 is 0. The Morgan fingerprint density at radius 3 is 2.81 bits per heavy atom. The molecule has 84 valence electrons. The lowest BCUT2D eigenvalue weighted by Gasteiger charge is -2.18. The third kappa shape index (κ3) is 1.45. The number of anilines is 1. The lowest BCUT2D eigenvalue weighted by Crippen LogP contribution is -2.36. The number of hydrogen-bond acceptors (Lipinski definition) is 3. The van der Waals surface area contributed by atoms with E-state index in [9.17, 15) is 14.7 Å². The van der Waals surface area contributed by atoms with Crippen LogP contribution in [0.5, 0.6) is 0 Å². The molecule has 0 aromatic heterocycles. The SMILES string of the molecule is Cc1ccc2c(c1)C(O)(CC(=O)O)C(=O)N2. The molecule has 1 aliphatic heterocycles. The van der Waals surface area contributed by atoms with Gasteiger partial charge in [0, 0.05) is 11.3 Å². The Morgan fingerprint density at radius 1 is 1.50 bits per heavy atom. The third-order valence-electron chi connectivity index (χ3n) is 2.65. The molecular formula is C11H11NO4. The van der Waals surface area contributed by atoms with Gasteiger partial charge in [-0.3, -0.25) is 9.59 Å². The summed E-state index contributed by atoms with van der Waals surface area (Å²) in [6.45, 7) is 1.81. The zero-order chi connectivity index (χ0) is 11.9. The highest BCUT2D eigenvalue weighted by Crippen LogP contribution is 2.38. The summed E-state index contributed by atoms with van der Waals surface area (Å²) in [5, 5.41) is 21.3. The van der Waals surface area contributed by atoms with Crippen LogP contribution in [0.4, 0.5) is 5.69 Å². The van der Waals surface area contributed by atoms with E-state index in [2.05, 4.69) is 5.32 Å². The number of carbonyl (C=O) groups is 2. The van der Waals surface area contributed by atoms with Crippen LogP contribution in [0.1, 0.15) is 17.5 Å². The molecule has 1 aromatic carbocycles. The molecule has 0 radical (unpaired) electrons. The average Bonchev–Trinajstić information content (AvgIpc) is 2.40.